The van der Waals surface area contributed by atoms with E-state index in [0.29, 0.717) is 6.04 Å². The molecule has 1 saturated heterocycles. The van der Waals surface area contributed by atoms with Crippen LogP contribution in [-0.2, 0) is 0 Å². The summed E-state index contributed by atoms with van der Waals surface area (Å²) in [5, 5.41) is 3.22. The molecule has 0 saturated carbocycles. The first-order valence-electron chi connectivity index (χ1n) is 8.06. The van der Waals surface area contributed by atoms with Crippen LogP contribution in [0.15, 0.2) is 18.2 Å². The number of hydrogen-bond donors (Lipinski definition) is 1. The van der Waals surface area contributed by atoms with E-state index in [1.807, 2.05) is 13.1 Å². The van der Waals surface area contributed by atoms with Gasteiger partial charge in [0.05, 0.1) is 0 Å². The van der Waals surface area contributed by atoms with Crippen LogP contribution in [0.4, 0.5) is 10.1 Å². The number of hydrogen-bond acceptors (Lipinski definition) is 3. The van der Waals surface area contributed by atoms with Crippen molar-refractivity contribution in [2.75, 3.05) is 38.1 Å². The lowest BCUT2D eigenvalue weighted by atomic mass is 10.1. The highest BCUT2D eigenvalue weighted by molar-refractivity contribution is 5.56. The molecule has 3 nitrogen and oxygen atoms in total. The van der Waals surface area contributed by atoms with Crippen LogP contribution in [0.25, 0.3) is 0 Å². The molecule has 0 aliphatic carbocycles. The molecule has 118 valence electrons. The van der Waals surface area contributed by atoms with Crippen LogP contribution in [0.1, 0.15) is 38.8 Å². The first kappa shape index (κ1) is 16.2. The Hall–Kier alpha value is -1.13. The zero-order chi connectivity index (χ0) is 15.4. The first-order valence-corrected chi connectivity index (χ1v) is 8.06. The second-order valence-corrected chi connectivity index (χ2v) is 5.82. The average Bonchev–Trinajstić information content (AvgIpc) is 2.97. The van der Waals surface area contributed by atoms with E-state index in [9.17, 15) is 4.39 Å². The van der Waals surface area contributed by atoms with E-state index >= 15 is 0 Å². The van der Waals surface area contributed by atoms with Crippen molar-refractivity contribution in [3.63, 3.8) is 0 Å². The quantitative estimate of drug-likeness (QED) is 0.870. The van der Waals surface area contributed by atoms with Gasteiger partial charge in [-0.25, -0.2) is 4.39 Å². The van der Waals surface area contributed by atoms with E-state index in [0.717, 1.165) is 31.7 Å². The van der Waals surface area contributed by atoms with E-state index in [-0.39, 0.29) is 11.9 Å². The van der Waals surface area contributed by atoms with Gasteiger partial charge in [0.25, 0.3) is 0 Å². The maximum absolute atomic E-state index is 13.6. The van der Waals surface area contributed by atoms with Gasteiger partial charge < -0.3 is 10.2 Å². The zero-order valence-electron chi connectivity index (χ0n) is 13.7. The van der Waals surface area contributed by atoms with Crippen molar-refractivity contribution >= 4 is 5.69 Å². The molecule has 1 aliphatic heterocycles. The lowest BCUT2D eigenvalue weighted by Gasteiger charge is -2.28. The van der Waals surface area contributed by atoms with E-state index < -0.39 is 0 Å². The van der Waals surface area contributed by atoms with Gasteiger partial charge in [0.2, 0.25) is 0 Å². The number of halogens is 1. The summed E-state index contributed by atoms with van der Waals surface area (Å²) >= 11 is 0. The summed E-state index contributed by atoms with van der Waals surface area (Å²) in [4.78, 5) is 4.93. The Bertz CT molecular complexity index is 459. The molecule has 1 N–H and O–H groups in total. The second kappa shape index (κ2) is 7.23. The molecule has 4 heteroatoms. The molecule has 1 aliphatic rings. The van der Waals surface area contributed by atoms with Gasteiger partial charge in [0, 0.05) is 30.9 Å². The van der Waals surface area contributed by atoms with Crippen LogP contribution < -0.4 is 10.2 Å². The molecular formula is C17H28FN3. The molecule has 0 radical (unpaired) electrons. The Morgan fingerprint density at radius 2 is 2.10 bits per heavy atom. The van der Waals surface area contributed by atoms with Crippen molar-refractivity contribution in [2.45, 2.75) is 39.3 Å². The minimum Gasteiger partial charge on any atom is -0.370 e. The van der Waals surface area contributed by atoms with Crippen molar-refractivity contribution < 1.29 is 4.39 Å². The molecule has 1 aromatic rings. The van der Waals surface area contributed by atoms with Crippen molar-refractivity contribution in [3.05, 3.63) is 29.6 Å². The fraction of sp³-hybridized carbons (Fsp3) is 0.647. The monoisotopic (exact) mass is 293 g/mol. The summed E-state index contributed by atoms with van der Waals surface area (Å²) in [6, 6.07) is 5.95. The molecule has 1 aromatic carbocycles. The van der Waals surface area contributed by atoms with Gasteiger partial charge in [-0.3, -0.25) is 4.90 Å². The molecule has 0 spiro atoms. The number of nitrogens with one attached hydrogen (secondary N) is 1. The van der Waals surface area contributed by atoms with Crippen LogP contribution in [0.5, 0.6) is 0 Å². The highest BCUT2D eigenvalue weighted by atomic mass is 19.1. The summed E-state index contributed by atoms with van der Waals surface area (Å²) in [5.74, 6) is -0.157. The Labute approximate surface area is 128 Å². The number of benzene rings is 1. The summed E-state index contributed by atoms with van der Waals surface area (Å²) < 4.78 is 13.6. The third kappa shape index (κ3) is 3.55. The van der Waals surface area contributed by atoms with Gasteiger partial charge in [-0.1, -0.05) is 13.8 Å². The molecule has 0 bridgehead atoms. The van der Waals surface area contributed by atoms with Crippen LogP contribution in [0.3, 0.4) is 0 Å². The minimum absolute atomic E-state index is 0.156. The molecule has 2 atom stereocenters. The number of rotatable bonds is 6. The molecule has 0 amide bonds. The highest BCUT2D eigenvalue weighted by Gasteiger charge is 2.28. The summed E-state index contributed by atoms with van der Waals surface area (Å²) in [5.41, 5.74) is 2.23. The minimum atomic E-state index is -0.157. The Morgan fingerprint density at radius 3 is 2.71 bits per heavy atom. The van der Waals surface area contributed by atoms with Crippen LogP contribution in [0.2, 0.25) is 0 Å². The fourth-order valence-corrected chi connectivity index (χ4v) is 3.31. The van der Waals surface area contributed by atoms with Crippen molar-refractivity contribution in [3.8, 4) is 0 Å². The van der Waals surface area contributed by atoms with Crippen LogP contribution >= 0.6 is 0 Å². The third-order valence-corrected chi connectivity index (χ3v) is 4.72. The topological polar surface area (TPSA) is 18.5 Å². The van der Waals surface area contributed by atoms with Crippen LogP contribution in [0, 0.1) is 5.82 Å². The molecule has 0 aromatic heterocycles. The normalized spacial score (nSPS) is 20.3. The SMILES string of the molecule is CCN(CC)C1CCN(c2ccc(F)cc2C(C)NC)C1. The van der Waals surface area contributed by atoms with Gasteiger partial charge in [0.15, 0.2) is 0 Å². The van der Waals surface area contributed by atoms with E-state index in [1.54, 1.807) is 12.1 Å². The number of nitrogens with zero attached hydrogens (tertiary/aromatic N) is 2. The summed E-state index contributed by atoms with van der Waals surface area (Å²) in [7, 11) is 1.92. The maximum Gasteiger partial charge on any atom is 0.123 e. The number of anilines is 1. The van der Waals surface area contributed by atoms with Gasteiger partial charge in [-0.2, -0.15) is 0 Å². The molecule has 21 heavy (non-hydrogen) atoms. The van der Waals surface area contributed by atoms with Gasteiger partial charge in [0.1, 0.15) is 5.82 Å². The Balaban J connectivity index is 2.19. The zero-order valence-corrected chi connectivity index (χ0v) is 13.7. The maximum atomic E-state index is 13.6. The molecule has 2 unspecified atom stereocenters. The molecular weight excluding hydrogens is 265 g/mol. The van der Waals surface area contributed by atoms with E-state index in [4.69, 9.17) is 0 Å². The predicted molar refractivity (Wildman–Crippen MR) is 87.4 cm³/mol. The third-order valence-electron chi connectivity index (χ3n) is 4.72. The second-order valence-electron chi connectivity index (χ2n) is 5.82. The van der Waals surface area contributed by atoms with Crippen molar-refractivity contribution in [2.24, 2.45) is 0 Å². The fourth-order valence-electron chi connectivity index (χ4n) is 3.31. The predicted octanol–water partition coefficient (Wildman–Crippen LogP) is 3.03. The number of likely N-dealkylation sites (N-methyl/N-ethyl adjacent to an activating group) is 1. The largest absolute Gasteiger partial charge is 0.370 e. The van der Waals surface area contributed by atoms with Crippen LogP contribution in [-0.4, -0.2) is 44.2 Å². The van der Waals surface area contributed by atoms with E-state index in [1.165, 1.54) is 12.1 Å². The van der Waals surface area contributed by atoms with Gasteiger partial charge >= 0.3 is 0 Å². The first-order chi connectivity index (χ1) is 10.1. The molecule has 1 fully saturated rings. The standard InChI is InChI=1S/C17H28FN3/c1-5-20(6-2)15-9-10-21(12-15)17-8-7-14(18)11-16(17)13(3)19-4/h7-8,11,13,15,19H,5-6,9-10,12H2,1-4H3. The van der Waals surface area contributed by atoms with E-state index in [2.05, 4.69) is 35.9 Å². The van der Waals surface area contributed by atoms with Gasteiger partial charge in [-0.05, 0) is 57.2 Å². The van der Waals surface area contributed by atoms with Gasteiger partial charge in [-0.15, -0.1) is 0 Å². The highest BCUT2D eigenvalue weighted by Crippen LogP contribution is 2.30. The Kier molecular flexibility index (Phi) is 5.59. The summed E-state index contributed by atoms with van der Waals surface area (Å²) in [6.45, 7) is 10.8. The van der Waals surface area contributed by atoms with Crippen molar-refractivity contribution in [1.82, 2.24) is 10.2 Å². The molecule has 2 rings (SSSR count). The Morgan fingerprint density at radius 1 is 1.38 bits per heavy atom. The lowest BCUT2D eigenvalue weighted by Crippen LogP contribution is -2.37. The molecule has 1 heterocycles. The smallest absolute Gasteiger partial charge is 0.123 e. The van der Waals surface area contributed by atoms with Crippen molar-refractivity contribution in [1.29, 1.82) is 0 Å². The summed E-state index contributed by atoms with van der Waals surface area (Å²) in [6.07, 6.45) is 1.19. The lowest BCUT2D eigenvalue weighted by molar-refractivity contribution is 0.232. The average molecular weight is 293 g/mol.